The third-order valence-electron chi connectivity index (χ3n) is 5.76. The second kappa shape index (κ2) is 9.79. The molecule has 3 heterocycles. The fraction of sp³-hybridized carbons (Fsp3) is 0.348. The van der Waals surface area contributed by atoms with Crippen LogP contribution < -0.4 is 15.5 Å². The highest BCUT2D eigenvalue weighted by Crippen LogP contribution is 2.31. The summed E-state index contributed by atoms with van der Waals surface area (Å²) >= 11 is 7.00. The van der Waals surface area contributed by atoms with Gasteiger partial charge in [0.05, 0.1) is 0 Å². The first-order valence-electron chi connectivity index (χ1n) is 11.0. The molecule has 2 aliphatic rings. The largest absolute Gasteiger partial charge is 0.360 e. The van der Waals surface area contributed by atoms with Gasteiger partial charge >= 0.3 is 0 Å². The standard InChI is InChI=1S/C23H25N7S2/c31-22(26-18-9-2-1-3-10-18)29-21-27-19(30-14-16-7-4-5-8-17(16)15-30)13-20(28-21)32-23-24-11-6-12-25-23/h4-8,11-13,18H,1-3,9-10,14-15H2,(H2,26,27,28,29,31). The Labute approximate surface area is 197 Å². The average molecular weight is 464 g/mol. The molecule has 1 aliphatic heterocycles. The van der Waals surface area contributed by atoms with E-state index in [9.17, 15) is 0 Å². The molecule has 9 heteroatoms. The second-order valence-corrected chi connectivity index (χ2v) is 9.48. The molecule has 164 valence electrons. The quantitative estimate of drug-likeness (QED) is 0.322. The van der Waals surface area contributed by atoms with Crippen molar-refractivity contribution in [3.05, 3.63) is 59.9 Å². The van der Waals surface area contributed by atoms with Gasteiger partial charge < -0.3 is 15.5 Å². The van der Waals surface area contributed by atoms with Crippen LogP contribution in [0.5, 0.6) is 0 Å². The molecule has 1 saturated carbocycles. The Morgan fingerprint density at radius 1 is 0.969 bits per heavy atom. The third-order valence-corrected chi connectivity index (χ3v) is 6.79. The van der Waals surface area contributed by atoms with Crippen molar-refractivity contribution in [1.29, 1.82) is 0 Å². The molecular weight excluding hydrogens is 438 g/mol. The first-order chi connectivity index (χ1) is 15.7. The Morgan fingerprint density at radius 2 is 1.69 bits per heavy atom. The molecule has 3 aromatic rings. The van der Waals surface area contributed by atoms with Crippen LogP contribution in [0.4, 0.5) is 11.8 Å². The van der Waals surface area contributed by atoms with Gasteiger partial charge in [0.15, 0.2) is 10.3 Å². The van der Waals surface area contributed by atoms with Gasteiger partial charge in [-0.1, -0.05) is 43.5 Å². The van der Waals surface area contributed by atoms with Crippen LogP contribution in [0, 0.1) is 0 Å². The van der Waals surface area contributed by atoms with Crippen LogP contribution in [-0.4, -0.2) is 31.1 Å². The van der Waals surface area contributed by atoms with Crippen LogP contribution in [0.3, 0.4) is 0 Å². The van der Waals surface area contributed by atoms with E-state index in [2.05, 4.69) is 54.8 Å². The molecule has 5 rings (SSSR count). The molecule has 0 amide bonds. The molecule has 0 bridgehead atoms. The average Bonchev–Trinajstić information content (AvgIpc) is 3.25. The van der Waals surface area contributed by atoms with Gasteiger partial charge in [-0.2, -0.15) is 4.98 Å². The van der Waals surface area contributed by atoms with Crippen LogP contribution in [0.15, 0.2) is 59.0 Å². The summed E-state index contributed by atoms with van der Waals surface area (Å²) < 4.78 is 0. The lowest BCUT2D eigenvalue weighted by molar-refractivity contribution is 0.414. The monoisotopic (exact) mass is 463 g/mol. The molecule has 0 saturated heterocycles. The van der Waals surface area contributed by atoms with Crippen LogP contribution in [0.2, 0.25) is 0 Å². The molecule has 1 fully saturated rings. The molecular formula is C23H25N7S2. The molecule has 1 aromatic carbocycles. The van der Waals surface area contributed by atoms with Gasteiger partial charge in [-0.3, -0.25) is 0 Å². The highest BCUT2D eigenvalue weighted by molar-refractivity contribution is 7.99. The maximum atomic E-state index is 5.58. The first-order valence-corrected chi connectivity index (χ1v) is 12.2. The Kier molecular flexibility index (Phi) is 6.45. The van der Waals surface area contributed by atoms with E-state index in [1.165, 1.54) is 42.2 Å². The third kappa shape index (κ3) is 5.16. The SMILES string of the molecule is S=C(Nc1nc(Sc2ncccn2)cc(N2Cc3ccccc3C2)n1)NC1CCCCC1. The van der Waals surface area contributed by atoms with Gasteiger partial charge in [0.25, 0.3) is 0 Å². The van der Waals surface area contributed by atoms with Gasteiger partial charge in [-0.25, -0.2) is 15.0 Å². The number of thiocarbonyl (C=S) groups is 1. The molecule has 1 aliphatic carbocycles. The highest BCUT2D eigenvalue weighted by Gasteiger charge is 2.22. The molecule has 0 unspecified atom stereocenters. The number of hydrogen-bond acceptors (Lipinski definition) is 7. The lowest BCUT2D eigenvalue weighted by atomic mass is 9.96. The summed E-state index contributed by atoms with van der Waals surface area (Å²) in [7, 11) is 0. The van der Waals surface area contributed by atoms with Crippen molar-refractivity contribution in [1.82, 2.24) is 25.3 Å². The smallest absolute Gasteiger partial charge is 0.232 e. The second-order valence-electron chi connectivity index (χ2n) is 8.08. The van der Waals surface area contributed by atoms with E-state index in [0.29, 0.717) is 22.3 Å². The van der Waals surface area contributed by atoms with Crippen molar-refractivity contribution in [3.8, 4) is 0 Å². The Balaban J connectivity index is 1.37. The maximum Gasteiger partial charge on any atom is 0.232 e. The molecule has 0 atom stereocenters. The first kappa shape index (κ1) is 21.1. The highest BCUT2D eigenvalue weighted by atomic mass is 32.2. The minimum Gasteiger partial charge on any atom is -0.360 e. The van der Waals surface area contributed by atoms with E-state index in [1.54, 1.807) is 18.5 Å². The summed E-state index contributed by atoms with van der Waals surface area (Å²) in [4.78, 5) is 20.4. The molecule has 7 nitrogen and oxygen atoms in total. The number of nitrogens with one attached hydrogen (secondary N) is 2. The molecule has 32 heavy (non-hydrogen) atoms. The number of nitrogens with zero attached hydrogens (tertiary/aromatic N) is 5. The summed E-state index contributed by atoms with van der Waals surface area (Å²) in [5.41, 5.74) is 2.66. The summed E-state index contributed by atoms with van der Waals surface area (Å²) in [6.45, 7) is 1.65. The van der Waals surface area contributed by atoms with E-state index in [1.807, 2.05) is 6.07 Å². The van der Waals surface area contributed by atoms with Gasteiger partial charge in [-0.15, -0.1) is 0 Å². The van der Waals surface area contributed by atoms with Crippen LogP contribution >= 0.6 is 24.0 Å². The summed E-state index contributed by atoms with van der Waals surface area (Å²) in [6.07, 6.45) is 9.58. The van der Waals surface area contributed by atoms with Crippen LogP contribution in [0.25, 0.3) is 0 Å². The lowest BCUT2D eigenvalue weighted by Crippen LogP contribution is -2.39. The number of benzene rings is 1. The van der Waals surface area contributed by atoms with Crippen molar-refractivity contribution in [2.45, 2.75) is 61.4 Å². The fourth-order valence-corrected chi connectivity index (χ4v) is 5.15. The minimum atomic E-state index is 0.423. The van der Waals surface area contributed by atoms with Crippen molar-refractivity contribution >= 4 is 40.9 Å². The zero-order valence-electron chi connectivity index (χ0n) is 17.7. The van der Waals surface area contributed by atoms with Crippen molar-refractivity contribution < 1.29 is 0 Å². The summed E-state index contributed by atoms with van der Waals surface area (Å²) in [5.74, 6) is 1.35. The lowest BCUT2D eigenvalue weighted by Gasteiger charge is -2.24. The predicted molar refractivity (Wildman–Crippen MR) is 131 cm³/mol. The van der Waals surface area contributed by atoms with Gasteiger partial charge in [0.1, 0.15) is 10.8 Å². The fourth-order valence-electron chi connectivity index (χ4n) is 4.18. The van der Waals surface area contributed by atoms with Gasteiger partial charge in [0, 0.05) is 37.6 Å². The van der Waals surface area contributed by atoms with E-state index in [0.717, 1.165) is 36.8 Å². The Morgan fingerprint density at radius 3 is 2.41 bits per heavy atom. The van der Waals surface area contributed by atoms with E-state index < -0.39 is 0 Å². The number of rotatable bonds is 5. The number of aromatic nitrogens is 4. The van der Waals surface area contributed by atoms with E-state index in [4.69, 9.17) is 17.2 Å². The molecule has 0 radical (unpaired) electrons. The van der Waals surface area contributed by atoms with E-state index >= 15 is 0 Å². The summed E-state index contributed by atoms with van der Waals surface area (Å²) in [5, 5.41) is 8.65. The maximum absolute atomic E-state index is 5.58. The van der Waals surface area contributed by atoms with Crippen LogP contribution in [0.1, 0.15) is 43.2 Å². The van der Waals surface area contributed by atoms with E-state index in [-0.39, 0.29) is 0 Å². The number of fused-ring (bicyclic) bond motifs is 1. The Hall–Kier alpha value is -2.78. The zero-order chi connectivity index (χ0) is 21.8. The molecule has 2 N–H and O–H groups in total. The predicted octanol–water partition coefficient (Wildman–Crippen LogP) is 4.56. The van der Waals surface area contributed by atoms with Crippen molar-refractivity contribution in [2.75, 3.05) is 10.2 Å². The minimum absolute atomic E-state index is 0.423. The Bertz CT molecular complexity index is 1060. The van der Waals surface area contributed by atoms with Crippen molar-refractivity contribution in [2.24, 2.45) is 0 Å². The van der Waals surface area contributed by atoms with Gasteiger partial charge in [-0.05, 0) is 54.0 Å². The number of anilines is 2. The summed E-state index contributed by atoms with van der Waals surface area (Å²) in [6, 6.07) is 12.7. The number of hydrogen-bond donors (Lipinski definition) is 2. The molecule has 0 spiro atoms. The van der Waals surface area contributed by atoms with Crippen LogP contribution in [-0.2, 0) is 13.1 Å². The normalized spacial score (nSPS) is 15.9. The topological polar surface area (TPSA) is 78.9 Å². The molecule has 2 aromatic heterocycles. The zero-order valence-corrected chi connectivity index (χ0v) is 19.3. The van der Waals surface area contributed by atoms with Crippen molar-refractivity contribution in [3.63, 3.8) is 0 Å². The van der Waals surface area contributed by atoms with Gasteiger partial charge in [0.2, 0.25) is 5.95 Å².